The zero-order valence-corrected chi connectivity index (χ0v) is 15.2. The van der Waals surface area contributed by atoms with E-state index in [1.165, 1.54) is 0 Å². The second kappa shape index (κ2) is 7.83. The molecule has 2 rings (SSSR count). The quantitative estimate of drug-likeness (QED) is 0.826. The Morgan fingerprint density at radius 2 is 2.13 bits per heavy atom. The van der Waals surface area contributed by atoms with Crippen molar-refractivity contribution in [1.82, 2.24) is 4.90 Å². The van der Waals surface area contributed by atoms with E-state index in [1.807, 2.05) is 11.8 Å². The summed E-state index contributed by atoms with van der Waals surface area (Å²) in [6.45, 7) is 3.20. The first-order chi connectivity index (χ1) is 10.8. The molecule has 0 aromatic heterocycles. The Morgan fingerprint density at radius 1 is 1.39 bits per heavy atom. The zero-order chi connectivity index (χ0) is 17.0. The third-order valence-electron chi connectivity index (χ3n) is 3.96. The van der Waals surface area contributed by atoms with Gasteiger partial charge in [-0.25, -0.2) is 8.42 Å². The van der Waals surface area contributed by atoms with Gasteiger partial charge in [0.15, 0.2) is 9.84 Å². The maximum Gasteiger partial charge on any atom is 0.225 e. The van der Waals surface area contributed by atoms with Crippen LogP contribution in [0.15, 0.2) is 18.2 Å². The van der Waals surface area contributed by atoms with Gasteiger partial charge in [-0.1, -0.05) is 30.1 Å². The molecule has 1 N–H and O–H groups in total. The van der Waals surface area contributed by atoms with E-state index in [0.29, 0.717) is 35.2 Å². The molecule has 1 fully saturated rings. The molecule has 0 unspecified atom stereocenters. The van der Waals surface area contributed by atoms with Crippen molar-refractivity contribution in [2.75, 3.05) is 29.9 Å². The molecule has 0 spiro atoms. The molecule has 0 saturated carbocycles. The van der Waals surface area contributed by atoms with Gasteiger partial charge < -0.3 is 5.32 Å². The highest BCUT2D eigenvalue weighted by Crippen LogP contribution is 2.25. The fourth-order valence-electron chi connectivity index (χ4n) is 2.71. The predicted octanol–water partition coefficient (Wildman–Crippen LogP) is 2.83. The number of hydrogen-bond acceptors (Lipinski definition) is 4. The number of nitrogens with zero attached hydrogens (tertiary/aromatic N) is 1. The Bertz CT molecular complexity index is 679. The fourth-order valence-corrected chi connectivity index (χ4v) is 4.81. The summed E-state index contributed by atoms with van der Waals surface area (Å²) >= 11 is 11.9. The number of sulfone groups is 1. The summed E-state index contributed by atoms with van der Waals surface area (Å²) in [4.78, 5) is 14.1. The summed E-state index contributed by atoms with van der Waals surface area (Å²) in [5, 5.41) is 3.66. The van der Waals surface area contributed by atoms with E-state index in [-0.39, 0.29) is 29.9 Å². The topological polar surface area (TPSA) is 66.5 Å². The Kier molecular flexibility index (Phi) is 6.31. The summed E-state index contributed by atoms with van der Waals surface area (Å²) in [5.74, 6) is 0.245. The number of rotatable bonds is 6. The molecular weight excluding hydrogens is 359 g/mol. The molecule has 0 radical (unpaired) electrons. The van der Waals surface area contributed by atoms with Gasteiger partial charge in [-0.05, 0) is 31.2 Å². The van der Waals surface area contributed by atoms with Crippen molar-refractivity contribution >= 4 is 44.6 Å². The van der Waals surface area contributed by atoms with Gasteiger partial charge in [-0.3, -0.25) is 9.69 Å². The molecule has 1 aromatic rings. The number of benzene rings is 1. The van der Waals surface area contributed by atoms with E-state index in [9.17, 15) is 13.2 Å². The van der Waals surface area contributed by atoms with E-state index in [0.717, 1.165) is 0 Å². The van der Waals surface area contributed by atoms with Gasteiger partial charge in [-0.15, -0.1) is 0 Å². The lowest BCUT2D eigenvalue weighted by Crippen LogP contribution is -2.38. The molecule has 1 heterocycles. The summed E-state index contributed by atoms with van der Waals surface area (Å²) in [6.07, 6.45) is 0.908. The number of carbonyl (C=O) groups excluding carboxylic acids is 1. The summed E-state index contributed by atoms with van der Waals surface area (Å²) < 4.78 is 23.2. The Morgan fingerprint density at radius 3 is 2.74 bits per heavy atom. The number of anilines is 1. The highest BCUT2D eigenvalue weighted by Gasteiger charge is 2.31. The third kappa shape index (κ3) is 5.35. The number of nitrogens with one attached hydrogen (secondary N) is 1. The molecule has 0 bridgehead atoms. The van der Waals surface area contributed by atoms with Gasteiger partial charge >= 0.3 is 0 Å². The first kappa shape index (κ1) is 18.5. The Hall–Kier alpha value is -0.820. The highest BCUT2D eigenvalue weighted by molar-refractivity contribution is 7.91. The average Bonchev–Trinajstić information content (AvgIpc) is 2.84. The van der Waals surface area contributed by atoms with Crippen LogP contribution in [0, 0.1) is 0 Å². The van der Waals surface area contributed by atoms with Crippen molar-refractivity contribution in [2.24, 2.45) is 0 Å². The maximum atomic E-state index is 12.1. The van der Waals surface area contributed by atoms with Crippen LogP contribution in [0.5, 0.6) is 0 Å². The van der Waals surface area contributed by atoms with Crippen molar-refractivity contribution in [3.05, 3.63) is 28.2 Å². The van der Waals surface area contributed by atoms with Crippen LogP contribution < -0.4 is 5.32 Å². The Labute approximate surface area is 146 Å². The predicted molar refractivity (Wildman–Crippen MR) is 94.0 cm³/mol. The van der Waals surface area contributed by atoms with Gasteiger partial charge in [0.1, 0.15) is 0 Å². The van der Waals surface area contributed by atoms with Crippen molar-refractivity contribution in [1.29, 1.82) is 0 Å². The van der Waals surface area contributed by atoms with Crippen molar-refractivity contribution in [2.45, 2.75) is 25.8 Å². The summed E-state index contributed by atoms with van der Waals surface area (Å²) in [5.41, 5.74) is 0.482. The van der Waals surface area contributed by atoms with Crippen LogP contribution in [0.4, 0.5) is 5.69 Å². The smallest absolute Gasteiger partial charge is 0.225 e. The van der Waals surface area contributed by atoms with Crippen molar-refractivity contribution in [3.8, 4) is 0 Å². The molecule has 1 aliphatic rings. The van der Waals surface area contributed by atoms with Crippen LogP contribution in [0.3, 0.4) is 0 Å². The van der Waals surface area contributed by atoms with E-state index in [1.54, 1.807) is 18.2 Å². The van der Waals surface area contributed by atoms with E-state index in [2.05, 4.69) is 5.32 Å². The first-order valence-corrected chi connectivity index (χ1v) is 10.1. The molecular formula is C15H20Cl2N2O3S. The van der Waals surface area contributed by atoms with Crippen molar-refractivity contribution < 1.29 is 13.2 Å². The van der Waals surface area contributed by atoms with Crippen LogP contribution >= 0.6 is 23.2 Å². The number of amides is 1. The number of hydrogen-bond donors (Lipinski definition) is 1. The van der Waals surface area contributed by atoms with Gasteiger partial charge in [0.25, 0.3) is 0 Å². The minimum Gasteiger partial charge on any atom is -0.325 e. The molecule has 23 heavy (non-hydrogen) atoms. The molecule has 0 aliphatic carbocycles. The lowest BCUT2D eigenvalue weighted by molar-refractivity contribution is -0.116. The second-order valence-corrected chi connectivity index (χ2v) is 8.68. The lowest BCUT2D eigenvalue weighted by atomic mass is 10.2. The summed E-state index contributed by atoms with van der Waals surface area (Å²) in [6, 6.07) is 4.89. The van der Waals surface area contributed by atoms with E-state index >= 15 is 0 Å². The molecule has 1 atom stereocenters. The van der Waals surface area contributed by atoms with Crippen LogP contribution in [-0.4, -0.2) is 49.9 Å². The monoisotopic (exact) mass is 378 g/mol. The lowest BCUT2D eigenvalue weighted by Gasteiger charge is -2.26. The van der Waals surface area contributed by atoms with Crippen LogP contribution in [0.2, 0.25) is 10.0 Å². The second-order valence-electron chi connectivity index (χ2n) is 5.61. The van der Waals surface area contributed by atoms with E-state index < -0.39 is 9.84 Å². The third-order valence-corrected chi connectivity index (χ3v) is 6.27. The van der Waals surface area contributed by atoms with Gasteiger partial charge in [0.2, 0.25) is 5.91 Å². The normalized spacial score (nSPS) is 19.9. The first-order valence-electron chi connectivity index (χ1n) is 7.50. The van der Waals surface area contributed by atoms with E-state index in [4.69, 9.17) is 23.2 Å². The van der Waals surface area contributed by atoms with Gasteiger partial charge in [-0.2, -0.15) is 0 Å². The molecule has 1 aromatic carbocycles. The largest absolute Gasteiger partial charge is 0.325 e. The van der Waals surface area contributed by atoms with Gasteiger partial charge in [0, 0.05) is 24.0 Å². The van der Waals surface area contributed by atoms with Crippen LogP contribution in [0.25, 0.3) is 0 Å². The molecule has 8 heteroatoms. The maximum absolute atomic E-state index is 12.1. The fraction of sp³-hybridized carbons (Fsp3) is 0.533. The SMILES string of the molecule is CCN(CCC(=O)Nc1cc(Cl)ccc1Cl)[C@@H]1CCS(=O)(=O)C1. The highest BCUT2D eigenvalue weighted by atomic mass is 35.5. The van der Waals surface area contributed by atoms with Gasteiger partial charge in [0.05, 0.1) is 22.2 Å². The molecule has 128 valence electrons. The molecule has 1 aliphatic heterocycles. The molecule has 5 nitrogen and oxygen atoms in total. The van der Waals surface area contributed by atoms with Crippen LogP contribution in [0.1, 0.15) is 19.8 Å². The number of carbonyl (C=O) groups is 1. The minimum absolute atomic E-state index is 0.00700. The van der Waals surface area contributed by atoms with Crippen molar-refractivity contribution in [3.63, 3.8) is 0 Å². The average molecular weight is 379 g/mol. The molecule has 1 saturated heterocycles. The summed E-state index contributed by atoms with van der Waals surface area (Å²) in [7, 11) is -2.92. The Balaban J connectivity index is 1.89. The standard InChI is InChI=1S/C15H20Cl2N2O3S/c1-2-19(12-6-8-23(21,22)10-12)7-5-15(20)18-14-9-11(16)3-4-13(14)17/h3-4,9,12H,2,5-8,10H2,1H3,(H,18,20)/t12-/m1/s1. The van der Waals surface area contributed by atoms with Crippen LogP contribution in [-0.2, 0) is 14.6 Å². The zero-order valence-electron chi connectivity index (χ0n) is 12.9. The molecule has 1 amide bonds. The number of halogens is 2. The minimum atomic E-state index is -2.92.